The number of anilines is 1. The zero-order valence-electron chi connectivity index (χ0n) is 18.2. The number of amides is 2. The molecule has 0 aliphatic rings. The van der Waals surface area contributed by atoms with Crippen molar-refractivity contribution >= 4 is 64.1 Å². The van der Waals surface area contributed by atoms with E-state index in [1.807, 2.05) is 18.4 Å². The average molecular weight is 527 g/mol. The Morgan fingerprint density at radius 3 is 2.58 bits per heavy atom. The van der Waals surface area contributed by atoms with Gasteiger partial charge < -0.3 is 15.2 Å². The van der Waals surface area contributed by atoms with Crippen LogP contribution < -0.4 is 10.6 Å². The monoisotopic (exact) mass is 525 g/mol. The SMILES string of the molecule is CCn1c(SCC(=O)Nc2cccc(Cl)c2C)nnc1[C@H](C)NC(=O)c1ccc(Cl)cc1Cl. The normalized spacial score (nSPS) is 11.8. The molecule has 174 valence electrons. The van der Waals surface area contributed by atoms with Gasteiger partial charge in [-0.2, -0.15) is 0 Å². The third kappa shape index (κ3) is 6.20. The third-order valence-electron chi connectivity index (χ3n) is 4.85. The Morgan fingerprint density at radius 2 is 1.88 bits per heavy atom. The third-order valence-corrected chi connectivity index (χ3v) is 6.77. The molecule has 0 saturated carbocycles. The van der Waals surface area contributed by atoms with Gasteiger partial charge in [0.1, 0.15) is 0 Å². The van der Waals surface area contributed by atoms with E-state index < -0.39 is 6.04 Å². The summed E-state index contributed by atoms with van der Waals surface area (Å²) in [5.74, 6) is 0.187. The average Bonchev–Trinajstić information content (AvgIpc) is 3.18. The number of nitrogens with zero attached hydrogens (tertiary/aromatic N) is 3. The van der Waals surface area contributed by atoms with Crippen molar-refractivity contribution in [2.45, 2.75) is 38.5 Å². The van der Waals surface area contributed by atoms with Crippen molar-refractivity contribution in [1.82, 2.24) is 20.1 Å². The lowest BCUT2D eigenvalue weighted by Gasteiger charge is -2.15. The zero-order valence-corrected chi connectivity index (χ0v) is 21.2. The molecule has 7 nitrogen and oxygen atoms in total. The molecule has 0 bridgehead atoms. The minimum atomic E-state index is -0.436. The lowest BCUT2D eigenvalue weighted by molar-refractivity contribution is -0.113. The molecule has 0 fully saturated rings. The summed E-state index contributed by atoms with van der Waals surface area (Å²) in [7, 11) is 0. The molecule has 0 aliphatic heterocycles. The van der Waals surface area contributed by atoms with Gasteiger partial charge in [0, 0.05) is 22.3 Å². The van der Waals surface area contributed by atoms with Crippen LogP contribution in [0.3, 0.4) is 0 Å². The lowest BCUT2D eigenvalue weighted by Crippen LogP contribution is -2.29. The van der Waals surface area contributed by atoms with E-state index in [2.05, 4.69) is 20.8 Å². The van der Waals surface area contributed by atoms with E-state index in [4.69, 9.17) is 34.8 Å². The summed E-state index contributed by atoms with van der Waals surface area (Å²) in [6, 6.07) is 9.60. The molecule has 0 spiro atoms. The second kappa shape index (κ2) is 11.2. The number of hydrogen-bond acceptors (Lipinski definition) is 5. The Hall–Kier alpha value is -2.26. The van der Waals surface area contributed by atoms with Crippen molar-refractivity contribution < 1.29 is 9.59 Å². The molecule has 1 atom stereocenters. The summed E-state index contributed by atoms with van der Waals surface area (Å²) in [6.45, 7) is 6.16. The van der Waals surface area contributed by atoms with Gasteiger partial charge in [0.15, 0.2) is 11.0 Å². The minimum Gasteiger partial charge on any atom is -0.342 e. The van der Waals surface area contributed by atoms with Crippen LogP contribution in [0.1, 0.15) is 41.6 Å². The molecule has 0 radical (unpaired) electrons. The predicted octanol–water partition coefficient (Wildman–Crippen LogP) is 5.79. The van der Waals surface area contributed by atoms with E-state index >= 15 is 0 Å². The van der Waals surface area contributed by atoms with Gasteiger partial charge >= 0.3 is 0 Å². The first-order valence-electron chi connectivity index (χ1n) is 10.1. The molecule has 2 amide bonds. The maximum atomic E-state index is 12.6. The summed E-state index contributed by atoms with van der Waals surface area (Å²) in [5, 5.41) is 16.1. The van der Waals surface area contributed by atoms with Gasteiger partial charge in [-0.3, -0.25) is 9.59 Å². The number of hydrogen-bond donors (Lipinski definition) is 2. The van der Waals surface area contributed by atoms with Gasteiger partial charge in [-0.1, -0.05) is 52.6 Å². The summed E-state index contributed by atoms with van der Waals surface area (Å²) in [4.78, 5) is 25.1. The van der Waals surface area contributed by atoms with Crippen LogP contribution in [0.4, 0.5) is 5.69 Å². The maximum absolute atomic E-state index is 12.6. The van der Waals surface area contributed by atoms with Crippen molar-refractivity contribution in [3.05, 3.63) is 68.4 Å². The summed E-state index contributed by atoms with van der Waals surface area (Å²) >= 11 is 19.4. The largest absolute Gasteiger partial charge is 0.342 e. The molecule has 2 aromatic carbocycles. The van der Waals surface area contributed by atoms with E-state index in [0.717, 1.165) is 5.56 Å². The Labute approximate surface area is 211 Å². The second-order valence-electron chi connectivity index (χ2n) is 7.15. The van der Waals surface area contributed by atoms with Crippen LogP contribution in [0.2, 0.25) is 15.1 Å². The summed E-state index contributed by atoms with van der Waals surface area (Å²) in [5.41, 5.74) is 1.79. The van der Waals surface area contributed by atoms with Gasteiger partial charge in [-0.05, 0) is 56.7 Å². The Balaban J connectivity index is 1.65. The van der Waals surface area contributed by atoms with Crippen molar-refractivity contribution in [2.75, 3.05) is 11.1 Å². The molecule has 11 heteroatoms. The number of thioether (sulfide) groups is 1. The van der Waals surface area contributed by atoms with Crippen LogP contribution in [0.15, 0.2) is 41.6 Å². The second-order valence-corrected chi connectivity index (χ2v) is 9.35. The number of carbonyl (C=O) groups is 2. The molecule has 3 rings (SSSR count). The van der Waals surface area contributed by atoms with Crippen molar-refractivity contribution in [1.29, 1.82) is 0 Å². The topological polar surface area (TPSA) is 88.9 Å². The molecule has 1 aromatic heterocycles. The quantitative estimate of drug-likeness (QED) is 0.363. The van der Waals surface area contributed by atoms with Crippen molar-refractivity contribution in [3.63, 3.8) is 0 Å². The van der Waals surface area contributed by atoms with Gasteiger partial charge in [-0.15, -0.1) is 10.2 Å². The Morgan fingerprint density at radius 1 is 1.12 bits per heavy atom. The van der Waals surface area contributed by atoms with Gasteiger partial charge in [-0.25, -0.2) is 0 Å². The molecule has 0 saturated heterocycles. The van der Waals surface area contributed by atoms with E-state index in [-0.39, 0.29) is 22.6 Å². The number of carbonyl (C=O) groups excluding carboxylic acids is 2. The van der Waals surface area contributed by atoms with Crippen LogP contribution >= 0.6 is 46.6 Å². The molecule has 33 heavy (non-hydrogen) atoms. The fourth-order valence-corrected chi connectivity index (χ4v) is 4.57. The van der Waals surface area contributed by atoms with Crippen molar-refractivity contribution in [2.24, 2.45) is 0 Å². The molecular formula is C22H22Cl3N5O2S. The van der Waals surface area contributed by atoms with Gasteiger partial charge in [0.2, 0.25) is 5.91 Å². The lowest BCUT2D eigenvalue weighted by atomic mass is 10.2. The molecule has 2 N–H and O–H groups in total. The van der Waals surface area contributed by atoms with Crippen LogP contribution in [0.5, 0.6) is 0 Å². The summed E-state index contributed by atoms with van der Waals surface area (Å²) in [6.07, 6.45) is 0. The Bertz CT molecular complexity index is 1180. The smallest absolute Gasteiger partial charge is 0.253 e. The van der Waals surface area contributed by atoms with Crippen LogP contribution in [-0.2, 0) is 11.3 Å². The van der Waals surface area contributed by atoms with E-state index in [0.29, 0.717) is 38.8 Å². The molecule has 1 heterocycles. The highest BCUT2D eigenvalue weighted by atomic mass is 35.5. The molecule has 0 unspecified atom stereocenters. The molecule has 0 aliphatic carbocycles. The highest BCUT2D eigenvalue weighted by Crippen LogP contribution is 2.25. The number of rotatable bonds is 8. The van der Waals surface area contributed by atoms with E-state index in [9.17, 15) is 9.59 Å². The number of halogens is 3. The molecule has 3 aromatic rings. The number of aromatic nitrogens is 3. The van der Waals surface area contributed by atoms with Crippen LogP contribution in [0.25, 0.3) is 0 Å². The number of nitrogens with one attached hydrogen (secondary N) is 2. The standard InChI is InChI=1S/C22H22Cl3N5O2S/c1-4-30-20(13(3)26-21(32)15-9-8-14(23)10-17(15)25)28-29-22(30)33-11-19(31)27-18-7-5-6-16(24)12(18)2/h5-10,13H,4,11H2,1-3H3,(H,26,32)(H,27,31)/t13-/m0/s1. The van der Waals surface area contributed by atoms with Gasteiger partial charge in [0.25, 0.3) is 5.91 Å². The molecular weight excluding hydrogens is 505 g/mol. The highest BCUT2D eigenvalue weighted by molar-refractivity contribution is 7.99. The number of benzene rings is 2. The highest BCUT2D eigenvalue weighted by Gasteiger charge is 2.21. The van der Waals surface area contributed by atoms with E-state index in [1.54, 1.807) is 37.3 Å². The van der Waals surface area contributed by atoms with Gasteiger partial charge in [0.05, 0.1) is 22.4 Å². The fraction of sp³-hybridized carbons (Fsp3) is 0.273. The van der Waals surface area contributed by atoms with E-state index in [1.165, 1.54) is 17.8 Å². The first kappa shape index (κ1) is 25.4. The fourth-order valence-electron chi connectivity index (χ4n) is 3.10. The maximum Gasteiger partial charge on any atom is 0.253 e. The van der Waals surface area contributed by atoms with Crippen LogP contribution in [0, 0.1) is 6.92 Å². The first-order valence-corrected chi connectivity index (χ1v) is 12.2. The predicted molar refractivity (Wildman–Crippen MR) is 134 cm³/mol. The first-order chi connectivity index (χ1) is 15.7. The zero-order chi connectivity index (χ0) is 24.1. The Kier molecular flexibility index (Phi) is 8.64. The van der Waals surface area contributed by atoms with Crippen LogP contribution in [-0.4, -0.2) is 32.3 Å². The summed E-state index contributed by atoms with van der Waals surface area (Å²) < 4.78 is 1.86. The van der Waals surface area contributed by atoms with Crippen molar-refractivity contribution in [3.8, 4) is 0 Å². The minimum absolute atomic E-state index is 0.144.